The van der Waals surface area contributed by atoms with Crippen molar-refractivity contribution in [2.75, 3.05) is 81.9 Å². The van der Waals surface area contributed by atoms with E-state index >= 15 is 0 Å². The number of methoxy groups -OCH3 is 6. The normalized spacial score (nSPS) is 28.5. The molecule has 90 heavy (non-hydrogen) atoms. The second kappa shape index (κ2) is 32.5. The van der Waals surface area contributed by atoms with Crippen molar-refractivity contribution >= 4 is 17.9 Å². The van der Waals surface area contributed by atoms with Crippen LogP contribution in [-0.4, -0.2) is 151 Å². The second-order valence-corrected chi connectivity index (χ2v) is 28.0. The van der Waals surface area contributed by atoms with Gasteiger partial charge in [0.1, 0.15) is 36.4 Å². The first-order valence-corrected chi connectivity index (χ1v) is 33.0. The van der Waals surface area contributed by atoms with Gasteiger partial charge in [-0.1, -0.05) is 83.1 Å². The third-order valence-electron chi connectivity index (χ3n) is 19.0. The van der Waals surface area contributed by atoms with Crippen LogP contribution in [0.25, 0.3) is 0 Å². The van der Waals surface area contributed by atoms with Crippen LogP contribution < -0.4 is 45.6 Å². The molecule has 0 spiro atoms. The van der Waals surface area contributed by atoms with E-state index < -0.39 is 55.3 Å². The number of nitrogens with two attached hydrogens (primary N) is 3. The highest BCUT2D eigenvalue weighted by atomic mass is 16.6. The van der Waals surface area contributed by atoms with Crippen molar-refractivity contribution in [1.82, 2.24) is 14.7 Å². The molecule has 18 heteroatoms. The van der Waals surface area contributed by atoms with E-state index in [4.69, 9.17) is 63.9 Å². The van der Waals surface area contributed by atoms with Gasteiger partial charge in [-0.15, -0.1) is 0 Å². The van der Waals surface area contributed by atoms with Crippen molar-refractivity contribution in [2.24, 2.45) is 70.5 Å². The fourth-order valence-electron chi connectivity index (χ4n) is 13.8. The lowest BCUT2D eigenvalue weighted by Crippen LogP contribution is -2.51. The minimum atomic E-state index is -2.59. The predicted molar refractivity (Wildman–Crippen MR) is 353 cm³/mol. The molecule has 0 bridgehead atoms. The van der Waals surface area contributed by atoms with Crippen molar-refractivity contribution in [3.8, 4) is 34.5 Å². The molecule has 0 amide bonds. The van der Waals surface area contributed by atoms with E-state index in [0.717, 1.165) is 105 Å². The van der Waals surface area contributed by atoms with E-state index in [1.54, 1.807) is 40.6 Å². The Kier molecular flexibility index (Phi) is 22.9. The molecule has 0 aromatic heterocycles. The molecule has 6 aliphatic rings. The van der Waals surface area contributed by atoms with Gasteiger partial charge in [0.15, 0.2) is 34.5 Å². The molecule has 3 aromatic rings. The van der Waals surface area contributed by atoms with Crippen LogP contribution in [0.2, 0.25) is 0 Å². The minimum Gasteiger partial charge on any atom is -0.493 e. The SMILES string of the molecule is [2H]C([2H])([2H])Oc1cc2c(cc1OC)C1CC([2H])(OC(=O)[C@@H](N)C(C)C)C(CC(C)C)CN1CC2.[2H]C1(OC(=O)[C@@H](N)C(C)C)CC2c3cc(OC)c(OC)cc3CCN2CC1CC(C)C.[2H]C12CC(OC(=O)[C@@H](N)C(C)C)C(CC(C)C)CN1CCc1cc(OC)c(OC)cc12. The molecule has 12 atom stereocenters. The quantitative estimate of drug-likeness (QED) is 0.0666. The summed E-state index contributed by atoms with van der Waals surface area (Å²) in [6, 6.07) is 8.20. The Bertz CT molecular complexity index is 3140. The number of rotatable bonds is 21. The third kappa shape index (κ3) is 17.5. The topological polar surface area (TPSA) is 222 Å². The van der Waals surface area contributed by atoms with Crippen molar-refractivity contribution in [2.45, 2.75) is 195 Å². The first kappa shape index (κ1) is 63.4. The number of piperidine rings is 3. The molecule has 18 nitrogen and oxygen atoms in total. The Morgan fingerprint density at radius 2 is 0.778 bits per heavy atom. The van der Waals surface area contributed by atoms with Gasteiger partial charge in [-0.3, -0.25) is 29.1 Å². The second-order valence-electron chi connectivity index (χ2n) is 28.0. The molecule has 9 rings (SSSR count). The average molecular weight is 1260 g/mol. The summed E-state index contributed by atoms with van der Waals surface area (Å²) < 4.78 is 101. The van der Waals surface area contributed by atoms with Gasteiger partial charge in [0.25, 0.3) is 0 Å². The smallest absolute Gasteiger partial charge is 0.323 e. The summed E-state index contributed by atoms with van der Waals surface area (Å²) >= 11 is 0. The van der Waals surface area contributed by atoms with Crippen LogP contribution in [0.5, 0.6) is 34.5 Å². The van der Waals surface area contributed by atoms with Crippen LogP contribution in [0.1, 0.15) is 181 Å². The number of benzene rings is 3. The highest BCUT2D eigenvalue weighted by Crippen LogP contribution is 2.48. The molecule has 0 aliphatic carbocycles. The lowest BCUT2D eigenvalue weighted by atomic mass is 9.79. The van der Waals surface area contributed by atoms with E-state index in [2.05, 4.69) is 56.2 Å². The first-order chi connectivity index (χ1) is 44.9. The number of hydrogen-bond donors (Lipinski definition) is 3. The molecule has 0 radical (unpaired) electrons. The van der Waals surface area contributed by atoms with Gasteiger partial charge in [-0.2, -0.15) is 0 Å². The standard InChI is InChI=1S/3C24H38N2O4/c3*1-14(2)9-17-13-26-8-7-16-10-21(28-5)22(29-6)11-18(16)19(26)12-20(17)30-24(27)23(25)15(3)4/h3*10-11,14-15,17,19-20,23H,7-9,12-13,25H2,1-6H3/t3*17?,19?,20?,23-/m000/s1/i5D3,20D;20D;19D. The van der Waals surface area contributed by atoms with Crippen molar-refractivity contribution in [3.63, 3.8) is 0 Å². The lowest BCUT2D eigenvalue weighted by molar-refractivity contribution is -0.161. The molecule has 3 aromatic carbocycles. The predicted octanol–water partition coefficient (Wildman–Crippen LogP) is 10.7. The molecular weight excluding hydrogens is 1140 g/mol. The van der Waals surface area contributed by atoms with Crippen molar-refractivity contribution in [3.05, 3.63) is 69.8 Å². The van der Waals surface area contributed by atoms with Crippen LogP contribution in [0.4, 0.5) is 0 Å². The molecular formula is C72H114N6O12. The van der Waals surface area contributed by atoms with Gasteiger partial charge in [0, 0.05) is 94.4 Å². The van der Waals surface area contributed by atoms with Gasteiger partial charge in [-0.05, 0) is 144 Å². The van der Waals surface area contributed by atoms with Gasteiger partial charge >= 0.3 is 17.9 Å². The van der Waals surface area contributed by atoms with Crippen LogP contribution in [0.15, 0.2) is 36.4 Å². The third-order valence-corrected chi connectivity index (χ3v) is 19.0. The van der Waals surface area contributed by atoms with E-state index in [-0.39, 0.29) is 65.4 Å². The van der Waals surface area contributed by atoms with Gasteiger partial charge in [0.05, 0.1) is 50.8 Å². The Morgan fingerprint density at radius 1 is 0.456 bits per heavy atom. The molecule has 9 unspecified atom stereocenters. The van der Waals surface area contributed by atoms with Gasteiger partial charge in [-0.25, -0.2) is 0 Å². The van der Waals surface area contributed by atoms with E-state index in [1.807, 2.05) is 65.8 Å². The monoisotopic (exact) mass is 1260 g/mol. The molecule has 3 saturated heterocycles. The fourth-order valence-corrected chi connectivity index (χ4v) is 13.8. The molecule has 504 valence electrons. The van der Waals surface area contributed by atoms with Crippen LogP contribution in [0, 0.1) is 53.3 Å². The summed E-state index contributed by atoms with van der Waals surface area (Å²) in [4.78, 5) is 45.3. The molecule has 6 N–H and O–H groups in total. The van der Waals surface area contributed by atoms with E-state index in [1.165, 1.54) is 12.7 Å². The summed E-state index contributed by atoms with van der Waals surface area (Å²) in [6.45, 7) is 28.8. The average Bonchev–Trinajstić information content (AvgIpc) is 0.748. The fraction of sp³-hybridized carbons (Fsp3) is 0.708. The van der Waals surface area contributed by atoms with Crippen molar-refractivity contribution in [1.29, 1.82) is 0 Å². The van der Waals surface area contributed by atoms with Crippen LogP contribution in [0.3, 0.4) is 0 Å². The Morgan fingerprint density at radius 3 is 1.14 bits per heavy atom. The minimum absolute atomic E-state index is 0.00690. The maximum atomic E-state index is 12.8. The largest absolute Gasteiger partial charge is 0.493 e. The van der Waals surface area contributed by atoms with Gasteiger partial charge in [0.2, 0.25) is 0 Å². The van der Waals surface area contributed by atoms with E-state index in [9.17, 15) is 18.5 Å². The van der Waals surface area contributed by atoms with Gasteiger partial charge < -0.3 is 59.8 Å². The highest BCUT2D eigenvalue weighted by Gasteiger charge is 2.45. The summed E-state index contributed by atoms with van der Waals surface area (Å²) in [7, 11) is 5.39. The molecule has 6 heterocycles. The Labute approximate surface area is 547 Å². The molecule has 0 saturated carbocycles. The summed E-state index contributed by atoms with van der Waals surface area (Å²) in [6.07, 6.45) is 3.12. The zero-order valence-corrected chi connectivity index (χ0v) is 57.2. The summed E-state index contributed by atoms with van der Waals surface area (Å²) in [5.74, 6) is 2.91. The number of fused-ring (bicyclic) bond motifs is 9. The first-order valence-electron chi connectivity index (χ1n) is 36.0. The highest BCUT2D eigenvalue weighted by molar-refractivity contribution is 5.77. The molecule has 3 fully saturated rings. The van der Waals surface area contributed by atoms with Crippen molar-refractivity contribution < 1.29 is 65.2 Å². The number of hydrogen-bond acceptors (Lipinski definition) is 18. The number of nitrogens with zero attached hydrogens (tertiary/aromatic N) is 3. The summed E-state index contributed by atoms with van der Waals surface area (Å²) in [5, 5.41) is 0. The molecule has 6 aliphatic heterocycles. The maximum Gasteiger partial charge on any atom is 0.323 e. The Balaban J connectivity index is 0.000000203. The van der Waals surface area contributed by atoms with E-state index in [0.29, 0.717) is 66.6 Å². The zero-order valence-electron chi connectivity index (χ0n) is 63.2. The summed E-state index contributed by atoms with van der Waals surface area (Å²) in [5.41, 5.74) is 24.4. The van der Waals surface area contributed by atoms with Crippen LogP contribution >= 0.6 is 0 Å². The lowest BCUT2D eigenvalue weighted by Gasteiger charge is -2.47. The zero-order chi connectivity index (χ0) is 71.3. The number of esters is 3. The van der Waals surface area contributed by atoms with Crippen LogP contribution in [-0.2, 0) is 47.9 Å². The number of carbonyl (C=O) groups is 3. The Hall–Kier alpha value is -5.37. The maximum absolute atomic E-state index is 12.8. The number of carbonyl (C=O) groups excluding carboxylic acids is 3. The number of ether oxygens (including phenoxy) is 9.